The lowest BCUT2D eigenvalue weighted by Crippen LogP contribution is -2.36. The van der Waals surface area contributed by atoms with E-state index in [2.05, 4.69) is 5.48 Å². The Morgan fingerprint density at radius 2 is 2.21 bits per heavy atom. The van der Waals surface area contributed by atoms with E-state index < -0.39 is 0 Å². The van der Waals surface area contributed by atoms with Crippen LogP contribution in [0.4, 0.5) is 0 Å². The van der Waals surface area contributed by atoms with Crippen LogP contribution in [0.3, 0.4) is 0 Å². The normalized spacial score (nSPS) is 38.8. The summed E-state index contributed by atoms with van der Waals surface area (Å²) < 4.78 is 5.41. The van der Waals surface area contributed by atoms with Crippen LogP contribution in [0.5, 0.6) is 0 Å². The third-order valence-corrected chi connectivity index (χ3v) is 3.11. The molecule has 0 aromatic heterocycles. The van der Waals surface area contributed by atoms with Crippen molar-refractivity contribution in [3.05, 3.63) is 0 Å². The van der Waals surface area contributed by atoms with Crippen molar-refractivity contribution in [2.45, 2.75) is 44.5 Å². The zero-order valence-corrected chi connectivity index (χ0v) is 8.45. The van der Waals surface area contributed by atoms with Gasteiger partial charge in [-0.15, -0.1) is 0 Å². The average Bonchev–Trinajstić information content (AvgIpc) is 2.63. The molecular formula is C10H19NO3. The number of hydrogen-bond acceptors (Lipinski definition) is 4. The summed E-state index contributed by atoms with van der Waals surface area (Å²) in [6, 6.07) is 0. The maximum Gasteiger partial charge on any atom is 0.177 e. The maximum atomic E-state index is 9.62. The molecule has 0 amide bonds. The minimum Gasteiger partial charge on any atom is -0.393 e. The van der Waals surface area contributed by atoms with Gasteiger partial charge in [0.2, 0.25) is 0 Å². The highest BCUT2D eigenvalue weighted by molar-refractivity contribution is 4.76. The first kappa shape index (κ1) is 10.4. The molecule has 4 heteroatoms. The molecule has 1 heterocycles. The number of aliphatic hydroxyl groups is 1. The molecule has 2 rings (SSSR count). The lowest BCUT2D eigenvalue weighted by atomic mass is 9.99. The van der Waals surface area contributed by atoms with E-state index in [1.807, 2.05) is 0 Å². The molecule has 0 spiro atoms. The molecule has 14 heavy (non-hydrogen) atoms. The molecule has 2 fully saturated rings. The molecule has 82 valence electrons. The summed E-state index contributed by atoms with van der Waals surface area (Å²) in [6.07, 6.45) is 4.97. The number of rotatable bonds is 3. The van der Waals surface area contributed by atoms with Crippen LogP contribution in [0.2, 0.25) is 0 Å². The molecule has 1 aliphatic heterocycles. The van der Waals surface area contributed by atoms with Gasteiger partial charge in [-0.05, 0) is 25.2 Å². The molecule has 2 aliphatic rings. The molecule has 0 bridgehead atoms. The summed E-state index contributed by atoms with van der Waals surface area (Å²) >= 11 is 0. The topological polar surface area (TPSA) is 50.7 Å². The van der Waals surface area contributed by atoms with Crippen LogP contribution in [0.25, 0.3) is 0 Å². The molecule has 1 saturated heterocycles. The minimum atomic E-state index is -0.114. The van der Waals surface area contributed by atoms with Crippen molar-refractivity contribution in [3.63, 3.8) is 0 Å². The highest BCUT2D eigenvalue weighted by Gasteiger charge is 2.26. The quantitative estimate of drug-likeness (QED) is 0.709. The van der Waals surface area contributed by atoms with E-state index in [9.17, 15) is 5.11 Å². The van der Waals surface area contributed by atoms with Gasteiger partial charge < -0.3 is 9.84 Å². The predicted molar refractivity (Wildman–Crippen MR) is 51.4 cm³/mol. The SMILES string of the molecule is OC1CCCC1CCC1OCCNO1. The van der Waals surface area contributed by atoms with Crippen molar-refractivity contribution >= 4 is 0 Å². The smallest absolute Gasteiger partial charge is 0.177 e. The fraction of sp³-hybridized carbons (Fsp3) is 1.00. The van der Waals surface area contributed by atoms with Crippen LogP contribution in [0, 0.1) is 5.92 Å². The van der Waals surface area contributed by atoms with Gasteiger partial charge >= 0.3 is 0 Å². The van der Waals surface area contributed by atoms with Crippen molar-refractivity contribution < 1.29 is 14.7 Å². The van der Waals surface area contributed by atoms with E-state index in [1.54, 1.807) is 0 Å². The number of aliphatic hydroxyl groups excluding tert-OH is 1. The molecule has 1 saturated carbocycles. The van der Waals surface area contributed by atoms with Crippen LogP contribution in [0.1, 0.15) is 32.1 Å². The predicted octanol–water partition coefficient (Wildman–Crippen LogP) is 0.805. The van der Waals surface area contributed by atoms with E-state index >= 15 is 0 Å². The Morgan fingerprint density at radius 3 is 2.86 bits per heavy atom. The summed E-state index contributed by atoms with van der Waals surface area (Å²) in [5, 5.41) is 9.62. The maximum absolute atomic E-state index is 9.62. The van der Waals surface area contributed by atoms with Crippen molar-refractivity contribution in [2.75, 3.05) is 13.2 Å². The van der Waals surface area contributed by atoms with Crippen LogP contribution < -0.4 is 5.48 Å². The summed E-state index contributed by atoms with van der Waals surface area (Å²) in [5.74, 6) is 0.462. The minimum absolute atomic E-state index is 0.0912. The van der Waals surface area contributed by atoms with Gasteiger partial charge in [-0.25, -0.2) is 0 Å². The third-order valence-electron chi connectivity index (χ3n) is 3.11. The zero-order valence-electron chi connectivity index (χ0n) is 8.45. The Hall–Kier alpha value is -0.160. The van der Waals surface area contributed by atoms with Crippen LogP contribution in [-0.4, -0.2) is 30.7 Å². The average molecular weight is 201 g/mol. The van der Waals surface area contributed by atoms with Gasteiger partial charge in [0.25, 0.3) is 0 Å². The fourth-order valence-corrected chi connectivity index (χ4v) is 2.26. The molecule has 0 aromatic rings. The van der Waals surface area contributed by atoms with Crippen molar-refractivity contribution in [1.82, 2.24) is 5.48 Å². The van der Waals surface area contributed by atoms with E-state index in [1.165, 1.54) is 0 Å². The lowest BCUT2D eigenvalue weighted by molar-refractivity contribution is -0.220. The van der Waals surface area contributed by atoms with E-state index in [4.69, 9.17) is 9.57 Å². The molecule has 2 N–H and O–H groups in total. The van der Waals surface area contributed by atoms with Gasteiger partial charge in [0.05, 0.1) is 12.7 Å². The number of hydroxylamine groups is 1. The van der Waals surface area contributed by atoms with Crippen molar-refractivity contribution in [2.24, 2.45) is 5.92 Å². The Kier molecular flexibility index (Phi) is 3.75. The number of hydrogen-bond donors (Lipinski definition) is 2. The van der Waals surface area contributed by atoms with E-state index in [0.717, 1.165) is 45.3 Å². The molecule has 4 nitrogen and oxygen atoms in total. The van der Waals surface area contributed by atoms with Gasteiger partial charge in [0, 0.05) is 13.0 Å². The first-order chi connectivity index (χ1) is 6.86. The third kappa shape index (κ3) is 2.67. The second-order valence-corrected chi connectivity index (χ2v) is 4.15. The fourth-order valence-electron chi connectivity index (χ4n) is 2.26. The van der Waals surface area contributed by atoms with E-state index in [-0.39, 0.29) is 12.4 Å². The van der Waals surface area contributed by atoms with Gasteiger partial charge in [0.15, 0.2) is 6.29 Å². The summed E-state index contributed by atoms with van der Waals surface area (Å²) in [7, 11) is 0. The van der Waals surface area contributed by atoms with Gasteiger partial charge in [0.1, 0.15) is 0 Å². The zero-order chi connectivity index (χ0) is 9.80. The van der Waals surface area contributed by atoms with Crippen LogP contribution in [-0.2, 0) is 9.57 Å². The van der Waals surface area contributed by atoms with Crippen LogP contribution in [0.15, 0.2) is 0 Å². The standard InChI is InChI=1S/C10H19NO3/c12-9-3-1-2-8(9)4-5-10-13-7-6-11-14-10/h8-12H,1-7H2. The number of ether oxygens (including phenoxy) is 1. The highest BCUT2D eigenvalue weighted by Crippen LogP contribution is 2.30. The first-order valence-corrected chi connectivity index (χ1v) is 5.54. The lowest BCUT2D eigenvalue weighted by Gasteiger charge is -2.24. The molecule has 0 radical (unpaired) electrons. The molecule has 3 atom stereocenters. The Labute approximate surface area is 84.5 Å². The largest absolute Gasteiger partial charge is 0.393 e. The molecule has 1 aliphatic carbocycles. The Balaban J connectivity index is 1.65. The molecular weight excluding hydrogens is 182 g/mol. The van der Waals surface area contributed by atoms with Gasteiger partial charge in [-0.1, -0.05) is 6.42 Å². The summed E-state index contributed by atoms with van der Waals surface area (Å²) in [5.41, 5.74) is 2.83. The Bertz CT molecular complexity index is 171. The second kappa shape index (κ2) is 5.07. The molecule has 0 aromatic carbocycles. The van der Waals surface area contributed by atoms with Crippen molar-refractivity contribution in [1.29, 1.82) is 0 Å². The monoisotopic (exact) mass is 201 g/mol. The second-order valence-electron chi connectivity index (χ2n) is 4.15. The van der Waals surface area contributed by atoms with Crippen LogP contribution >= 0.6 is 0 Å². The number of nitrogens with one attached hydrogen (secondary N) is 1. The van der Waals surface area contributed by atoms with Crippen molar-refractivity contribution in [3.8, 4) is 0 Å². The van der Waals surface area contributed by atoms with Gasteiger partial charge in [-0.2, -0.15) is 5.48 Å². The first-order valence-electron chi connectivity index (χ1n) is 5.54. The van der Waals surface area contributed by atoms with E-state index in [0.29, 0.717) is 5.92 Å². The van der Waals surface area contributed by atoms with Gasteiger partial charge in [-0.3, -0.25) is 4.84 Å². The molecule has 3 unspecified atom stereocenters. The Morgan fingerprint density at radius 1 is 1.29 bits per heavy atom. The summed E-state index contributed by atoms with van der Waals surface area (Å²) in [4.78, 5) is 5.22. The summed E-state index contributed by atoms with van der Waals surface area (Å²) in [6.45, 7) is 1.49. The highest BCUT2D eigenvalue weighted by atomic mass is 16.8.